The molecule has 0 spiro atoms. The molecule has 6 aromatic carbocycles. The monoisotopic (exact) mass is 1190 g/mol. The number of fused-ring (bicyclic) bond motifs is 6. The fraction of sp³-hybridized carbons (Fsp3) is 0. The minimum Gasteiger partial charge on any atom is -0.422 e. The van der Waals surface area contributed by atoms with Gasteiger partial charge < -0.3 is 28.4 Å². The third kappa shape index (κ3) is 9.80. The van der Waals surface area contributed by atoms with Gasteiger partial charge in [-0.3, -0.25) is 0 Å². The zero-order chi connectivity index (χ0) is 42.8. The van der Waals surface area contributed by atoms with Crippen LogP contribution in [0.15, 0.2) is 136 Å². The van der Waals surface area contributed by atoms with Crippen LogP contribution in [-0.4, -0.2) is 35.8 Å². The Labute approximate surface area is 389 Å². The summed E-state index contributed by atoms with van der Waals surface area (Å²) in [6.07, 6.45) is 0. The van der Waals surface area contributed by atoms with Crippen LogP contribution in [0.2, 0.25) is 0 Å². The van der Waals surface area contributed by atoms with E-state index in [9.17, 15) is 28.8 Å². The van der Waals surface area contributed by atoms with Gasteiger partial charge in [0, 0.05) is 26.8 Å². The van der Waals surface area contributed by atoms with Crippen LogP contribution in [0, 0.1) is 0 Å². The molecule has 0 saturated heterocycles. The first-order valence-corrected chi connectivity index (χ1v) is 21.5. The molecule has 0 aromatic heterocycles. The SMILES string of the molecule is O=C1Oc2ccc(Br)cc2C(=O)Oc2ccc(Br)cc2C(=O)Oc2ccc(Br)cc2C(=O)Oc2ccc(Br)cc2C(=O)Oc2ccc(Br)cc2C(=O)Oc2ccc(Br)cc21. The lowest BCUT2D eigenvalue weighted by molar-refractivity contribution is 0.0687. The van der Waals surface area contributed by atoms with Crippen molar-refractivity contribution in [1.82, 2.24) is 0 Å². The summed E-state index contributed by atoms with van der Waals surface area (Å²) in [4.78, 5) is 83.1. The third-order valence-electron chi connectivity index (χ3n) is 8.19. The Morgan fingerprint density at radius 2 is 0.367 bits per heavy atom. The maximum Gasteiger partial charge on any atom is 0.347 e. The van der Waals surface area contributed by atoms with Crippen LogP contribution in [0.3, 0.4) is 0 Å². The molecule has 0 aliphatic carbocycles. The fourth-order valence-corrected chi connectivity index (χ4v) is 7.60. The molecule has 0 atom stereocenters. The molecule has 300 valence electrons. The maximum absolute atomic E-state index is 13.9. The van der Waals surface area contributed by atoms with Gasteiger partial charge in [0.2, 0.25) is 0 Å². The van der Waals surface area contributed by atoms with Crippen LogP contribution in [0.4, 0.5) is 0 Å². The number of benzene rings is 6. The first-order valence-electron chi connectivity index (χ1n) is 16.7. The fourth-order valence-electron chi connectivity index (χ4n) is 5.43. The summed E-state index contributed by atoms with van der Waals surface area (Å²) in [6.45, 7) is 0. The lowest BCUT2D eigenvalue weighted by atomic mass is 10.1. The molecule has 6 aromatic rings. The van der Waals surface area contributed by atoms with E-state index in [1.54, 1.807) is 0 Å². The zero-order valence-electron chi connectivity index (χ0n) is 29.6. The van der Waals surface area contributed by atoms with Gasteiger partial charge in [0.15, 0.2) is 0 Å². The average Bonchev–Trinajstić information content (AvgIpc) is 3.21. The van der Waals surface area contributed by atoms with Crippen LogP contribution in [-0.2, 0) is 0 Å². The van der Waals surface area contributed by atoms with E-state index in [4.69, 9.17) is 28.4 Å². The third-order valence-corrected chi connectivity index (χ3v) is 11.1. The van der Waals surface area contributed by atoms with E-state index < -0.39 is 35.8 Å². The van der Waals surface area contributed by atoms with Crippen molar-refractivity contribution < 1.29 is 57.2 Å². The van der Waals surface area contributed by atoms with E-state index in [0.29, 0.717) is 26.8 Å². The summed E-state index contributed by atoms with van der Waals surface area (Å²) in [5, 5.41) is 0. The van der Waals surface area contributed by atoms with Crippen LogP contribution < -0.4 is 28.4 Å². The largest absolute Gasteiger partial charge is 0.422 e. The minimum atomic E-state index is -1.04. The van der Waals surface area contributed by atoms with E-state index in [1.807, 2.05) is 0 Å². The second kappa shape index (κ2) is 18.3. The van der Waals surface area contributed by atoms with Crippen molar-refractivity contribution in [2.45, 2.75) is 0 Å². The molecule has 1 heterocycles. The van der Waals surface area contributed by atoms with E-state index >= 15 is 0 Å². The van der Waals surface area contributed by atoms with E-state index in [1.165, 1.54) is 109 Å². The highest BCUT2D eigenvalue weighted by molar-refractivity contribution is 9.11. The number of rotatable bonds is 0. The van der Waals surface area contributed by atoms with Crippen molar-refractivity contribution in [2.24, 2.45) is 0 Å². The summed E-state index contributed by atoms with van der Waals surface area (Å²) in [7, 11) is 0. The Kier molecular flexibility index (Phi) is 13.2. The van der Waals surface area contributed by atoms with Crippen molar-refractivity contribution in [1.29, 1.82) is 0 Å². The van der Waals surface area contributed by atoms with Gasteiger partial charge >= 0.3 is 35.8 Å². The van der Waals surface area contributed by atoms with Gasteiger partial charge in [0.25, 0.3) is 0 Å². The van der Waals surface area contributed by atoms with E-state index in [0.717, 1.165) is 0 Å². The van der Waals surface area contributed by atoms with Gasteiger partial charge in [-0.1, -0.05) is 95.6 Å². The number of esters is 6. The Bertz CT molecular complexity index is 2330. The zero-order valence-corrected chi connectivity index (χ0v) is 39.1. The Morgan fingerprint density at radius 3 is 0.500 bits per heavy atom. The Morgan fingerprint density at radius 1 is 0.233 bits per heavy atom. The molecule has 12 nitrogen and oxygen atoms in total. The molecule has 1 aliphatic rings. The van der Waals surface area contributed by atoms with Gasteiger partial charge in [-0.05, 0) is 109 Å². The first-order chi connectivity index (χ1) is 28.6. The smallest absolute Gasteiger partial charge is 0.347 e. The summed E-state index contributed by atoms with van der Waals surface area (Å²) < 4.78 is 36.7. The number of carbonyl (C=O) groups is 6. The summed E-state index contributed by atoms with van der Waals surface area (Å²) in [6, 6.07) is 25.0. The number of hydrogen-bond donors (Lipinski definition) is 0. The first kappa shape index (κ1) is 43.1. The lowest BCUT2D eigenvalue weighted by Crippen LogP contribution is -2.20. The molecule has 60 heavy (non-hydrogen) atoms. The van der Waals surface area contributed by atoms with Crippen molar-refractivity contribution >= 4 is 131 Å². The predicted octanol–water partition coefficient (Wildman–Crippen LogP) is 11.9. The highest BCUT2D eigenvalue weighted by Gasteiger charge is 2.29. The standard InChI is InChI=1S/C42H18Br6O12/c43-19-1-7-31-25(13-19)37(49)56-33-9-3-21(45)15-27(33)39(51)58-35-11-5-23(47)17-29(35)41(53)60-36-12-6-24(48)18-30(36)42(54)59-34-10-4-22(46)16-28(34)40(52)57-32-8-2-20(44)14-26(32)38(50)55-31/h1-18H. The molecule has 18 heteroatoms. The van der Waals surface area contributed by atoms with Gasteiger partial charge in [-0.15, -0.1) is 0 Å². The normalized spacial score (nSPS) is 13.5. The van der Waals surface area contributed by atoms with E-state index in [2.05, 4.69) is 95.6 Å². The second-order valence-electron chi connectivity index (χ2n) is 12.2. The van der Waals surface area contributed by atoms with Crippen molar-refractivity contribution in [3.8, 4) is 34.5 Å². The molecule has 0 saturated carbocycles. The molecule has 0 bridgehead atoms. The average molecular weight is 1190 g/mol. The van der Waals surface area contributed by atoms with Gasteiger partial charge in [0.1, 0.15) is 67.9 Å². The van der Waals surface area contributed by atoms with Crippen LogP contribution >= 0.6 is 95.6 Å². The summed E-state index contributed by atoms with van der Waals surface area (Å²) in [5.74, 6) is -7.79. The molecule has 7 rings (SSSR count). The lowest BCUT2D eigenvalue weighted by Gasteiger charge is -2.16. The highest BCUT2D eigenvalue weighted by Crippen LogP contribution is 2.35. The van der Waals surface area contributed by atoms with Gasteiger partial charge in [0.05, 0.1) is 0 Å². The van der Waals surface area contributed by atoms with Gasteiger partial charge in [-0.2, -0.15) is 0 Å². The van der Waals surface area contributed by atoms with Crippen molar-refractivity contribution in [3.05, 3.63) is 169 Å². The minimum absolute atomic E-state index is 0.242. The Hall–Kier alpha value is -4.98. The summed E-state index contributed by atoms with van der Waals surface area (Å²) >= 11 is 19.9. The number of halogens is 6. The predicted molar refractivity (Wildman–Crippen MR) is 235 cm³/mol. The van der Waals surface area contributed by atoms with Crippen molar-refractivity contribution in [2.75, 3.05) is 0 Å². The molecular formula is C42H18Br6O12. The quantitative estimate of drug-likeness (QED) is 0.105. The number of hydrogen-bond acceptors (Lipinski definition) is 12. The van der Waals surface area contributed by atoms with Crippen LogP contribution in [0.5, 0.6) is 34.5 Å². The van der Waals surface area contributed by atoms with Crippen LogP contribution in [0.1, 0.15) is 62.1 Å². The Balaban J connectivity index is 1.37. The topological polar surface area (TPSA) is 158 Å². The maximum atomic E-state index is 13.9. The summed E-state index contributed by atoms with van der Waals surface area (Å²) in [5.41, 5.74) is -1.45. The molecule has 0 amide bonds. The molecule has 1 aliphatic heterocycles. The van der Waals surface area contributed by atoms with Gasteiger partial charge in [-0.25, -0.2) is 28.8 Å². The highest BCUT2D eigenvalue weighted by atomic mass is 79.9. The molecule has 0 fully saturated rings. The van der Waals surface area contributed by atoms with Crippen LogP contribution in [0.25, 0.3) is 0 Å². The second-order valence-corrected chi connectivity index (χ2v) is 17.7. The molecule has 0 unspecified atom stereocenters. The van der Waals surface area contributed by atoms with Crippen molar-refractivity contribution in [3.63, 3.8) is 0 Å². The number of ether oxygens (including phenoxy) is 6. The molecular weight excluding hydrogens is 1180 g/mol. The number of carbonyl (C=O) groups excluding carboxylic acids is 6. The molecule has 0 radical (unpaired) electrons. The van der Waals surface area contributed by atoms with E-state index in [-0.39, 0.29) is 67.9 Å². The molecule has 0 N–H and O–H groups in total.